The minimum atomic E-state index is -0.693. The van der Waals surface area contributed by atoms with Crippen LogP contribution in [0.5, 0.6) is 0 Å². The summed E-state index contributed by atoms with van der Waals surface area (Å²) < 4.78 is 5.13. The number of carbonyl (C=O) groups is 1. The summed E-state index contributed by atoms with van der Waals surface area (Å²) in [6, 6.07) is 0. The van der Waals surface area contributed by atoms with Gasteiger partial charge in [0.15, 0.2) is 0 Å². The summed E-state index contributed by atoms with van der Waals surface area (Å²) in [4.78, 5) is 10.7. The van der Waals surface area contributed by atoms with Crippen LogP contribution in [-0.4, -0.2) is 24.8 Å². The monoisotopic (exact) mass is 216 g/mol. The molecule has 0 aliphatic heterocycles. The lowest BCUT2D eigenvalue weighted by molar-refractivity contribution is -0.00550. The minimum Gasteiger partial charge on any atom is -0.443 e. The fourth-order valence-electron chi connectivity index (χ4n) is 1.84. The van der Waals surface area contributed by atoms with E-state index in [2.05, 4.69) is 19.2 Å². The summed E-state index contributed by atoms with van der Waals surface area (Å²) in [5.41, 5.74) is 4.57. The Kier molecular flexibility index (Phi) is 6.32. The molecule has 0 fully saturated rings. The Balaban J connectivity index is 4.17. The standard InChI is InChI=1S/C11H24N2O2/c1-5-9(7-8-13-6-2)11(3,4)15-10(12)14/h9,13H,5-8H2,1-4H3,(H2,12,14). The summed E-state index contributed by atoms with van der Waals surface area (Å²) in [6.45, 7) is 9.92. The van der Waals surface area contributed by atoms with Gasteiger partial charge in [-0.1, -0.05) is 13.8 Å². The lowest BCUT2D eigenvalue weighted by Gasteiger charge is -2.32. The third kappa shape index (κ3) is 5.62. The highest BCUT2D eigenvalue weighted by atomic mass is 16.6. The summed E-state index contributed by atoms with van der Waals surface area (Å²) in [6.07, 6.45) is 1.28. The van der Waals surface area contributed by atoms with Gasteiger partial charge in [-0.3, -0.25) is 0 Å². The predicted octanol–water partition coefficient (Wildman–Crippen LogP) is 1.89. The molecular weight excluding hydrogens is 192 g/mol. The molecule has 4 nitrogen and oxygen atoms in total. The van der Waals surface area contributed by atoms with Gasteiger partial charge in [-0.2, -0.15) is 0 Å². The number of nitrogens with two attached hydrogens (primary N) is 1. The molecule has 0 aromatic rings. The number of primary amides is 1. The van der Waals surface area contributed by atoms with E-state index in [0.717, 1.165) is 25.9 Å². The Morgan fingerprint density at radius 1 is 1.47 bits per heavy atom. The summed E-state index contributed by atoms with van der Waals surface area (Å²) in [7, 11) is 0. The molecule has 1 unspecified atom stereocenters. The minimum absolute atomic E-state index is 0.337. The van der Waals surface area contributed by atoms with E-state index in [9.17, 15) is 4.79 Å². The van der Waals surface area contributed by atoms with Crippen molar-refractivity contribution in [3.8, 4) is 0 Å². The molecule has 90 valence electrons. The molecule has 0 heterocycles. The molecule has 0 radical (unpaired) electrons. The average Bonchev–Trinajstić information content (AvgIpc) is 2.09. The molecule has 0 rings (SSSR count). The van der Waals surface area contributed by atoms with Crippen molar-refractivity contribution in [2.45, 2.75) is 46.1 Å². The first-order chi connectivity index (χ1) is 6.94. The highest BCUT2D eigenvalue weighted by Gasteiger charge is 2.30. The molecule has 0 aliphatic carbocycles. The second-order valence-electron chi connectivity index (χ2n) is 4.27. The van der Waals surface area contributed by atoms with E-state index in [1.165, 1.54) is 0 Å². The molecule has 15 heavy (non-hydrogen) atoms. The lowest BCUT2D eigenvalue weighted by atomic mass is 9.86. The molecule has 0 aromatic heterocycles. The van der Waals surface area contributed by atoms with E-state index in [4.69, 9.17) is 10.5 Å². The maximum atomic E-state index is 10.7. The molecule has 0 spiro atoms. The lowest BCUT2D eigenvalue weighted by Crippen LogP contribution is -2.39. The number of ether oxygens (including phenoxy) is 1. The van der Waals surface area contributed by atoms with Crippen molar-refractivity contribution in [1.29, 1.82) is 0 Å². The second-order valence-corrected chi connectivity index (χ2v) is 4.27. The van der Waals surface area contributed by atoms with Gasteiger partial charge in [0.1, 0.15) is 5.60 Å². The van der Waals surface area contributed by atoms with Gasteiger partial charge in [-0.05, 0) is 45.7 Å². The first-order valence-electron chi connectivity index (χ1n) is 5.63. The van der Waals surface area contributed by atoms with Crippen LogP contribution in [0, 0.1) is 5.92 Å². The number of hydrogen-bond acceptors (Lipinski definition) is 3. The van der Waals surface area contributed by atoms with E-state index >= 15 is 0 Å². The number of carbonyl (C=O) groups excluding carboxylic acids is 1. The van der Waals surface area contributed by atoms with Crippen LogP contribution in [0.4, 0.5) is 4.79 Å². The highest BCUT2D eigenvalue weighted by molar-refractivity contribution is 5.65. The van der Waals surface area contributed by atoms with Crippen molar-refractivity contribution >= 4 is 6.09 Å². The topological polar surface area (TPSA) is 64.3 Å². The van der Waals surface area contributed by atoms with Gasteiger partial charge >= 0.3 is 6.09 Å². The first kappa shape index (κ1) is 14.2. The SMILES string of the molecule is CCNCCC(CC)C(C)(C)OC(N)=O. The first-order valence-corrected chi connectivity index (χ1v) is 5.63. The molecule has 3 N–H and O–H groups in total. The normalized spacial score (nSPS) is 13.6. The van der Waals surface area contributed by atoms with E-state index in [1.54, 1.807) is 0 Å². The van der Waals surface area contributed by atoms with Crippen LogP contribution in [0.3, 0.4) is 0 Å². The van der Waals surface area contributed by atoms with Crippen LogP contribution in [0.1, 0.15) is 40.5 Å². The highest BCUT2D eigenvalue weighted by Crippen LogP contribution is 2.26. The van der Waals surface area contributed by atoms with Gasteiger partial charge in [-0.25, -0.2) is 4.79 Å². The Morgan fingerprint density at radius 3 is 2.47 bits per heavy atom. The molecule has 0 aromatic carbocycles. The van der Waals surface area contributed by atoms with Crippen LogP contribution in [0.2, 0.25) is 0 Å². The Hall–Kier alpha value is -0.770. The van der Waals surface area contributed by atoms with Crippen LogP contribution in [0.15, 0.2) is 0 Å². The van der Waals surface area contributed by atoms with Crippen LogP contribution >= 0.6 is 0 Å². The second kappa shape index (κ2) is 6.67. The van der Waals surface area contributed by atoms with Gasteiger partial charge < -0.3 is 15.8 Å². The Morgan fingerprint density at radius 2 is 2.07 bits per heavy atom. The predicted molar refractivity (Wildman–Crippen MR) is 61.7 cm³/mol. The van der Waals surface area contributed by atoms with Crippen molar-refractivity contribution in [3.05, 3.63) is 0 Å². The van der Waals surface area contributed by atoms with Gasteiger partial charge in [0.05, 0.1) is 0 Å². The Bertz CT molecular complexity index is 193. The molecule has 0 bridgehead atoms. The fraction of sp³-hybridized carbons (Fsp3) is 0.909. The van der Waals surface area contributed by atoms with Crippen molar-refractivity contribution in [2.75, 3.05) is 13.1 Å². The third-order valence-electron chi connectivity index (χ3n) is 2.76. The van der Waals surface area contributed by atoms with Gasteiger partial charge in [0.2, 0.25) is 0 Å². The third-order valence-corrected chi connectivity index (χ3v) is 2.76. The summed E-state index contributed by atoms with van der Waals surface area (Å²) in [5.74, 6) is 0.337. The van der Waals surface area contributed by atoms with Crippen molar-refractivity contribution in [2.24, 2.45) is 11.7 Å². The molecular formula is C11H24N2O2. The quantitative estimate of drug-likeness (QED) is 0.639. The van der Waals surface area contributed by atoms with E-state index in [-0.39, 0.29) is 0 Å². The molecule has 1 atom stereocenters. The Labute approximate surface area is 92.6 Å². The van der Waals surface area contributed by atoms with Crippen molar-refractivity contribution in [3.63, 3.8) is 0 Å². The maximum absolute atomic E-state index is 10.7. The van der Waals surface area contributed by atoms with Gasteiger partial charge in [0, 0.05) is 0 Å². The fourth-order valence-corrected chi connectivity index (χ4v) is 1.84. The van der Waals surface area contributed by atoms with Crippen molar-refractivity contribution in [1.82, 2.24) is 5.32 Å². The molecule has 0 saturated heterocycles. The smallest absolute Gasteiger partial charge is 0.405 e. The summed E-state index contributed by atoms with van der Waals surface area (Å²) >= 11 is 0. The van der Waals surface area contributed by atoms with E-state index in [0.29, 0.717) is 5.92 Å². The zero-order valence-electron chi connectivity index (χ0n) is 10.3. The van der Waals surface area contributed by atoms with Crippen LogP contribution < -0.4 is 11.1 Å². The number of hydrogen-bond donors (Lipinski definition) is 2. The largest absolute Gasteiger partial charge is 0.443 e. The zero-order valence-corrected chi connectivity index (χ0v) is 10.3. The molecule has 0 aliphatic rings. The van der Waals surface area contributed by atoms with Gasteiger partial charge in [-0.15, -0.1) is 0 Å². The number of amides is 1. The van der Waals surface area contributed by atoms with Crippen molar-refractivity contribution < 1.29 is 9.53 Å². The summed E-state index contributed by atoms with van der Waals surface area (Å²) in [5, 5.41) is 3.27. The molecule has 0 saturated carbocycles. The molecule has 4 heteroatoms. The van der Waals surface area contributed by atoms with Crippen LogP contribution in [-0.2, 0) is 4.74 Å². The number of nitrogens with one attached hydrogen (secondary N) is 1. The van der Waals surface area contributed by atoms with E-state index < -0.39 is 11.7 Å². The maximum Gasteiger partial charge on any atom is 0.405 e. The average molecular weight is 216 g/mol. The number of rotatable bonds is 7. The van der Waals surface area contributed by atoms with E-state index in [1.807, 2.05) is 13.8 Å². The molecule has 1 amide bonds. The van der Waals surface area contributed by atoms with Crippen LogP contribution in [0.25, 0.3) is 0 Å². The zero-order chi connectivity index (χ0) is 11.9. The van der Waals surface area contributed by atoms with Gasteiger partial charge in [0.25, 0.3) is 0 Å².